The van der Waals surface area contributed by atoms with E-state index >= 15 is 0 Å². The first-order chi connectivity index (χ1) is 7.63. The number of halogens is 1. The molecule has 1 aromatic rings. The van der Waals surface area contributed by atoms with Gasteiger partial charge in [0.2, 0.25) is 0 Å². The van der Waals surface area contributed by atoms with E-state index in [1.807, 2.05) is 19.1 Å². The summed E-state index contributed by atoms with van der Waals surface area (Å²) in [6.45, 7) is 2.56. The molecule has 0 heterocycles. The average Bonchev–Trinajstić information content (AvgIpc) is 2.27. The van der Waals surface area contributed by atoms with Gasteiger partial charge in [-0.15, -0.1) is 0 Å². The third-order valence-electron chi connectivity index (χ3n) is 2.48. The summed E-state index contributed by atoms with van der Waals surface area (Å²) in [6.07, 6.45) is 0. The highest BCUT2D eigenvalue weighted by atomic mass is 79.9. The number of aliphatic hydroxyl groups is 1. The first-order valence-corrected chi connectivity index (χ1v) is 5.89. The van der Waals surface area contributed by atoms with E-state index in [-0.39, 0.29) is 12.5 Å². The van der Waals surface area contributed by atoms with Crippen molar-refractivity contribution in [3.8, 4) is 5.75 Å². The van der Waals surface area contributed by atoms with Gasteiger partial charge in [-0.05, 0) is 17.7 Å². The van der Waals surface area contributed by atoms with Crippen LogP contribution in [-0.4, -0.2) is 25.9 Å². The molecule has 0 aromatic heterocycles. The van der Waals surface area contributed by atoms with Crippen molar-refractivity contribution in [2.75, 3.05) is 20.8 Å². The molecular weight excluding hydrogens is 272 g/mol. The molecule has 1 N–H and O–H groups in total. The minimum atomic E-state index is 0.0354. The Balaban J connectivity index is 3.26. The van der Waals surface area contributed by atoms with Crippen LogP contribution >= 0.6 is 15.9 Å². The maximum Gasteiger partial charge on any atom is 0.123 e. The van der Waals surface area contributed by atoms with Crippen molar-refractivity contribution in [2.45, 2.75) is 19.4 Å². The van der Waals surface area contributed by atoms with Crippen LogP contribution in [0.5, 0.6) is 5.75 Å². The molecule has 90 valence electrons. The Hall–Kier alpha value is -0.580. The topological polar surface area (TPSA) is 38.7 Å². The molecule has 3 nitrogen and oxygen atoms in total. The average molecular weight is 289 g/mol. The molecule has 0 amide bonds. The van der Waals surface area contributed by atoms with Crippen molar-refractivity contribution in [3.05, 3.63) is 27.7 Å². The fourth-order valence-electron chi connectivity index (χ4n) is 1.74. The van der Waals surface area contributed by atoms with Crippen LogP contribution in [0.3, 0.4) is 0 Å². The Morgan fingerprint density at radius 3 is 2.56 bits per heavy atom. The molecule has 1 atom stereocenters. The van der Waals surface area contributed by atoms with Gasteiger partial charge < -0.3 is 14.6 Å². The zero-order chi connectivity index (χ0) is 12.1. The number of hydrogen-bond donors (Lipinski definition) is 1. The largest absolute Gasteiger partial charge is 0.496 e. The first kappa shape index (κ1) is 13.5. The van der Waals surface area contributed by atoms with Crippen LogP contribution in [0, 0.1) is 0 Å². The molecule has 0 saturated heterocycles. The van der Waals surface area contributed by atoms with Gasteiger partial charge in [-0.2, -0.15) is 0 Å². The second kappa shape index (κ2) is 6.23. The van der Waals surface area contributed by atoms with Gasteiger partial charge >= 0.3 is 0 Å². The van der Waals surface area contributed by atoms with E-state index in [1.54, 1.807) is 14.2 Å². The van der Waals surface area contributed by atoms with E-state index in [0.717, 1.165) is 21.3 Å². The Kier molecular flexibility index (Phi) is 5.25. The normalized spacial score (nSPS) is 12.6. The predicted octanol–water partition coefficient (Wildman–Crippen LogP) is 2.70. The number of rotatable bonds is 5. The molecule has 1 aromatic carbocycles. The van der Waals surface area contributed by atoms with E-state index < -0.39 is 0 Å². The lowest BCUT2D eigenvalue weighted by atomic mass is 9.95. The minimum absolute atomic E-state index is 0.0354. The van der Waals surface area contributed by atoms with Crippen LogP contribution in [0.4, 0.5) is 0 Å². The SMILES string of the molecule is COCc1cc(Br)cc(OC)c1C(C)CO. The van der Waals surface area contributed by atoms with Gasteiger partial charge in [-0.3, -0.25) is 0 Å². The number of hydrogen-bond acceptors (Lipinski definition) is 3. The summed E-state index contributed by atoms with van der Waals surface area (Å²) in [6, 6.07) is 3.90. The fraction of sp³-hybridized carbons (Fsp3) is 0.500. The quantitative estimate of drug-likeness (QED) is 0.905. The highest BCUT2D eigenvalue weighted by Gasteiger charge is 2.16. The first-order valence-electron chi connectivity index (χ1n) is 5.10. The fourth-order valence-corrected chi connectivity index (χ4v) is 2.23. The summed E-state index contributed by atoms with van der Waals surface area (Å²) < 4.78 is 11.4. The Bertz CT molecular complexity index is 352. The maximum atomic E-state index is 9.26. The molecule has 0 saturated carbocycles. The van der Waals surface area contributed by atoms with Gasteiger partial charge in [0.25, 0.3) is 0 Å². The van der Waals surface area contributed by atoms with Gasteiger partial charge in [0, 0.05) is 29.7 Å². The Morgan fingerprint density at radius 2 is 2.06 bits per heavy atom. The number of aliphatic hydroxyl groups excluding tert-OH is 1. The summed E-state index contributed by atoms with van der Waals surface area (Å²) in [5.74, 6) is 0.816. The highest BCUT2D eigenvalue weighted by Crippen LogP contribution is 2.33. The number of methoxy groups -OCH3 is 2. The lowest BCUT2D eigenvalue weighted by molar-refractivity contribution is 0.182. The minimum Gasteiger partial charge on any atom is -0.496 e. The number of ether oxygens (including phenoxy) is 2. The monoisotopic (exact) mass is 288 g/mol. The molecule has 0 aliphatic carbocycles. The van der Waals surface area contributed by atoms with Gasteiger partial charge in [-0.1, -0.05) is 22.9 Å². The van der Waals surface area contributed by atoms with Crippen LogP contribution in [-0.2, 0) is 11.3 Å². The van der Waals surface area contributed by atoms with Crippen molar-refractivity contribution in [2.24, 2.45) is 0 Å². The van der Waals surface area contributed by atoms with Crippen molar-refractivity contribution in [3.63, 3.8) is 0 Å². The molecule has 4 heteroatoms. The van der Waals surface area contributed by atoms with Gasteiger partial charge in [-0.25, -0.2) is 0 Å². The van der Waals surface area contributed by atoms with E-state index in [2.05, 4.69) is 15.9 Å². The molecule has 0 radical (unpaired) electrons. The molecule has 0 spiro atoms. The molecule has 0 aliphatic heterocycles. The van der Waals surface area contributed by atoms with Crippen LogP contribution in [0.1, 0.15) is 24.0 Å². The lowest BCUT2D eigenvalue weighted by Gasteiger charge is -2.18. The molecule has 1 rings (SSSR count). The summed E-state index contributed by atoms with van der Waals surface area (Å²) in [5, 5.41) is 9.26. The molecule has 0 bridgehead atoms. The van der Waals surface area contributed by atoms with Gasteiger partial charge in [0.15, 0.2) is 0 Å². The van der Waals surface area contributed by atoms with E-state index in [4.69, 9.17) is 9.47 Å². The van der Waals surface area contributed by atoms with Crippen LogP contribution in [0.25, 0.3) is 0 Å². The maximum absolute atomic E-state index is 9.26. The third-order valence-corrected chi connectivity index (χ3v) is 2.94. The van der Waals surface area contributed by atoms with Gasteiger partial charge in [0.1, 0.15) is 5.75 Å². The summed E-state index contributed by atoms with van der Waals surface area (Å²) in [7, 11) is 3.28. The molecule has 16 heavy (non-hydrogen) atoms. The van der Waals surface area contributed by atoms with E-state index in [0.29, 0.717) is 6.61 Å². The van der Waals surface area contributed by atoms with Gasteiger partial charge in [0.05, 0.1) is 13.7 Å². The summed E-state index contributed by atoms with van der Waals surface area (Å²) in [4.78, 5) is 0. The van der Waals surface area contributed by atoms with Crippen molar-refractivity contribution < 1.29 is 14.6 Å². The number of benzene rings is 1. The molecule has 0 fully saturated rings. The third kappa shape index (κ3) is 2.97. The zero-order valence-corrected chi connectivity index (χ0v) is 11.4. The van der Waals surface area contributed by atoms with Crippen molar-refractivity contribution in [1.29, 1.82) is 0 Å². The Labute approximate surface area is 105 Å². The smallest absolute Gasteiger partial charge is 0.123 e. The summed E-state index contributed by atoms with van der Waals surface area (Å²) in [5.41, 5.74) is 2.05. The van der Waals surface area contributed by atoms with Crippen LogP contribution < -0.4 is 4.74 Å². The van der Waals surface area contributed by atoms with Crippen molar-refractivity contribution in [1.82, 2.24) is 0 Å². The second-order valence-electron chi connectivity index (χ2n) is 3.70. The standard InChI is InChI=1S/C12H17BrO3/c1-8(6-14)12-9(7-15-2)4-10(13)5-11(12)16-3/h4-5,8,14H,6-7H2,1-3H3. The summed E-state index contributed by atoms with van der Waals surface area (Å²) >= 11 is 3.43. The highest BCUT2D eigenvalue weighted by molar-refractivity contribution is 9.10. The Morgan fingerprint density at radius 1 is 1.38 bits per heavy atom. The molecule has 0 aliphatic rings. The van der Waals surface area contributed by atoms with Crippen LogP contribution in [0.2, 0.25) is 0 Å². The molecular formula is C12H17BrO3. The van der Waals surface area contributed by atoms with E-state index in [1.165, 1.54) is 0 Å². The lowest BCUT2D eigenvalue weighted by Crippen LogP contribution is -2.07. The van der Waals surface area contributed by atoms with E-state index in [9.17, 15) is 5.11 Å². The predicted molar refractivity (Wildman–Crippen MR) is 66.9 cm³/mol. The van der Waals surface area contributed by atoms with Crippen LogP contribution in [0.15, 0.2) is 16.6 Å². The molecule has 1 unspecified atom stereocenters. The zero-order valence-electron chi connectivity index (χ0n) is 9.79. The van der Waals surface area contributed by atoms with Crippen molar-refractivity contribution >= 4 is 15.9 Å². The second-order valence-corrected chi connectivity index (χ2v) is 4.61.